The summed E-state index contributed by atoms with van der Waals surface area (Å²) in [4.78, 5) is 4.28. The van der Waals surface area contributed by atoms with E-state index < -0.39 is 6.10 Å². The van der Waals surface area contributed by atoms with Crippen molar-refractivity contribution in [3.63, 3.8) is 0 Å². The zero-order valence-electron chi connectivity index (χ0n) is 11.0. The molecule has 1 aromatic heterocycles. The van der Waals surface area contributed by atoms with Crippen LogP contribution in [0.1, 0.15) is 22.8 Å². The van der Waals surface area contributed by atoms with Crippen LogP contribution in [0.5, 0.6) is 0 Å². The van der Waals surface area contributed by atoms with E-state index in [1.54, 1.807) is 25.3 Å². The number of aliphatic hydroxyl groups excluding tert-OH is 1. The summed E-state index contributed by atoms with van der Waals surface area (Å²) in [7, 11) is 0. The van der Waals surface area contributed by atoms with Gasteiger partial charge in [-0.1, -0.05) is 30.3 Å². The van der Waals surface area contributed by atoms with Gasteiger partial charge in [0.15, 0.2) is 0 Å². The Morgan fingerprint density at radius 2 is 1.95 bits per heavy atom. The minimum atomic E-state index is -0.790. The molecule has 2 nitrogen and oxygen atoms in total. The first kappa shape index (κ1) is 12.8. The van der Waals surface area contributed by atoms with Crippen LogP contribution in [-0.4, -0.2) is 10.1 Å². The Bertz CT molecular complexity index is 765. The van der Waals surface area contributed by atoms with Crippen LogP contribution in [0, 0.1) is 12.7 Å². The maximum Gasteiger partial charge on any atom is 0.126 e. The highest BCUT2D eigenvalue weighted by atomic mass is 19.1. The Morgan fingerprint density at radius 1 is 1.10 bits per heavy atom. The van der Waals surface area contributed by atoms with Crippen LogP contribution in [0.25, 0.3) is 10.9 Å². The van der Waals surface area contributed by atoms with Crippen molar-refractivity contribution in [2.75, 3.05) is 0 Å². The number of hydrogen-bond donors (Lipinski definition) is 1. The largest absolute Gasteiger partial charge is 0.384 e. The van der Waals surface area contributed by atoms with Crippen LogP contribution in [0.3, 0.4) is 0 Å². The van der Waals surface area contributed by atoms with Gasteiger partial charge < -0.3 is 5.11 Å². The second-order valence-electron chi connectivity index (χ2n) is 4.83. The Morgan fingerprint density at radius 3 is 2.75 bits per heavy atom. The maximum absolute atomic E-state index is 13.3. The van der Waals surface area contributed by atoms with Gasteiger partial charge in [-0.3, -0.25) is 4.98 Å². The molecule has 0 radical (unpaired) electrons. The zero-order valence-corrected chi connectivity index (χ0v) is 11.0. The molecule has 0 aliphatic rings. The molecular formula is C17H14FNO. The molecule has 3 heteroatoms. The number of pyridine rings is 1. The molecule has 1 unspecified atom stereocenters. The molecule has 0 amide bonds. The first-order valence-electron chi connectivity index (χ1n) is 6.44. The lowest BCUT2D eigenvalue weighted by molar-refractivity contribution is 0.221. The van der Waals surface area contributed by atoms with Crippen LogP contribution in [0.2, 0.25) is 0 Å². The fourth-order valence-electron chi connectivity index (χ4n) is 2.38. The average molecular weight is 267 g/mol. The Hall–Kier alpha value is -2.26. The normalized spacial score (nSPS) is 12.6. The number of fused-ring (bicyclic) bond motifs is 1. The molecule has 3 rings (SSSR count). The number of nitrogens with zero attached hydrogens (tertiary/aromatic N) is 1. The summed E-state index contributed by atoms with van der Waals surface area (Å²) in [5.74, 6) is -0.263. The van der Waals surface area contributed by atoms with Gasteiger partial charge in [0.25, 0.3) is 0 Å². The lowest BCUT2D eigenvalue weighted by Crippen LogP contribution is -2.02. The predicted octanol–water partition coefficient (Wildman–Crippen LogP) is 3.76. The molecule has 20 heavy (non-hydrogen) atoms. The topological polar surface area (TPSA) is 33.1 Å². The standard InChI is InChI=1S/C17H14FNO/c1-11-10-12(7-8-15(11)18)17(20)14-4-2-6-16-13(14)5-3-9-19-16/h2-10,17,20H,1H3. The van der Waals surface area contributed by atoms with E-state index in [4.69, 9.17) is 0 Å². The third-order valence-corrected chi connectivity index (χ3v) is 3.47. The van der Waals surface area contributed by atoms with Gasteiger partial charge in [-0.25, -0.2) is 4.39 Å². The molecule has 0 aliphatic carbocycles. The Kier molecular flexibility index (Phi) is 3.20. The average Bonchev–Trinajstić information content (AvgIpc) is 2.49. The van der Waals surface area contributed by atoms with Crippen LogP contribution in [-0.2, 0) is 0 Å². The second kappa shape index (κ2) is 5.02. The molecule has 0 bridgehead atoms. The molecular weight excluding hydrogens is 253 g/mol. The first-order chi connectivity index (χ1) is 9.66. The lowest BCUT2D eigenvalue weighted by atomic mass is 9.96. The fraction of sp³-hybridized carbons (Fsp3) is 0.118. The highest BCUT2D eigenvalue weighted by molar-refractivity contribution is 5.82. The van der Waals surface area contributed by atoms with Crippen molar-refractivity contribution < 1.29 is 9.50 Å². The molecule has 1 N–H and O–H groups in total. The lowest BCUT2D eigenvalue weighted by Gasteiger charge is -2.14. The number of benzene rings is 2. The minimum Gasteiger partial charge on any atom is -0.384 e. The summed E-state index contributed by atoms with van der Waals surface area (Å²) in [5, 5.41) is 11.5. The minimum absolute atomic E-state index is 0.263. The van der Waals surface area contributed by atoms with Gasteiger partial charge in [0.2, 0.25) is 0 Å². The van der Waals surface area contributed by atoms with E-state index in [-0.39, 0.29) is 5.82 Å². The zero-order chi connectivity index (χ0) is 14.1. The van der Waals surface area contributed by atoms with Gasteiger partial charge in [-0.2, -0.15) is 0 Å². The first-order valence-corrected chi connectivity index (χ1v) is 6.44. The molecule has 0 saturated heterocycles. The summed E-state index contributed by atoms with van der Waals surface area (Å²) in [5.41, 5.74) is 2.82. The van der Waals surface area contributed by atoms with Crippen LogP contribution >= 0.6 is 0 Å². The van der Waals surface area contributed by atoms with Crippen LogP contribution in [0.15, 0.2) is 54.7 Å². The molecule has 0 aliphatic heterocycles. The monoisotopic (exact) mass is 267 g/mol. The van der Waals surface area contributed by atoms with Gasteiger partial charge >= 0.3 is 0 Å². The number of aliphatic hydroxyl groups is 1. The van der Waals surface area contributed by atoms with Crippen molar-refractivity contribution in [1.29, 1.82) is 0 Å². The summed E-state index contributed by atoms with van der Waals surface area (Å²) < 4.78 is 13.3. The number of aryl methyl sites for hydroxylation is 1. The smallest absolute Gasteiger partial charge is 0.126 e. The highest BCUT2D eigenvalue weighted by Gasteiger charge is 2.14. The Balaban J connectivity index is 2.12. The SMILES string of the molecule is Cc1cc(C(O)c2cccc3ncccc23)ccc1F. The molecule has 1 atom stereocenters. The quantitative estimate of drug-likeness (QED) is 0.766. The molecule has 3 aromatic rings. The van der Waals surface area contributed by atoms with Crippen molar-refractivity contribution in [3.8, 4) is 0 Å². The number of rotatable bonds is 2. The van der Waals surface area contributed by atoms with E-state index in [0.717, 1.165) is 16.5 Å². The van der Waals surface area contributed by atoms with Crippen molar-refractivity contribution >= 4 is 10.9 Å². The van der Waals surface area contributed by atoms with Gasteiger partial charge in [0.1, 0.15) is 11.9 Å². The van der Waals surface area contributed by atoms with Crippen LogP contribution in [0.4, 0.5) is 4.39 Å². The number of hydrogen-bond acceptors (Lipinski definition) is 2. The third-order valence-electron chi connectivity index (χ3n) is 3.47. The summed E-state index contributed by atoms with van der Waals surface area (Å²) in [6, 6.07) is 14.1. The van der Waals surface area contributed by atoms with E-state index in [9.17, 15) is 9.50 Å². The molecule has 0 saturated carbocycles. The third kappa shape index (κ3) is 2.17. The van der Waals surface area contributed by atoms with Crippen molar-refractivity contribution in [3.05, 3.63) is 77.2 Å². The predicted molar refractivity (Wildman–Crippen MR) is 76.9 cm³/mol. The van der Waals surface area contributed by atoms with E-state index >= 15 is 0 Å². The summed E-state index contributed by atoms with van der Waals surface area (Å²) in [6.07, 6.45) is 0.933. The van der Waals surface area contributed by atoms with E-state index in [2.05, 4.69) is 4.98 Å². The van der Waals surface area contributed by atoms with Crippen molar-refractivity contribution in [1.82, 2.24) is 4.98 Å². The second-order valence-corrected chi connectivity index (χ2v) is 4.83. The highest BCUT2D eigenvalue weighted by Crippen LogP contribution is 2.28. The molecule has 1 heterocycles. The van der Waals surface area contributed by atoms with Gasteiger partial charge in [-0.15, -0.1) is 0 Å². The molecule has 2 aromatic carbocycles. The van der Waals surface area contributed by atoms with E-state index in [1.807, 2.05) is 30.3 Å². The van der Waals surface area contributed by atoms with Crippen LogP contribution < -0.4 is 0 Å². The summed E-state index contributed by atoms with van der Waals surface area (Å²) in [6.45, 7) is 1.69. The molecule has 100 valence electrons. The van der Waals surface area contributed by atoms with Gasteiger partial charge in [-0.05, 0) is 41.8 Å². The maximum atomic E-state index is 13.3. The van der Waals surface area contributed by atoms with Crippen molar-refractivity contribution in [2.24, 2.45) is 0 Å². The fourth-order valence-corrected chi connectivity index (χ4v) is 2.38. The molecule has 0 fully saturated rings. The number of aromatic nitrogens is 1. The van der Waals surface area contributed by atoms with Crippen molar-refractivity contribution in [2.45, 2.75) is 13.0 Å². The van der Waals surface area contributed by atoms with E-state index in [1.165, 1.54) is 6.07 Å². The van der Waals surface area contributed by atoms with Gasteiger partial charge in [0.05, 0.1) is 5.52 Å². The van der Waals surface area contributed by atoms with Gasteiger partial charge in [0, 0.05) is 11.6 Å². The van der Waals surface area contributed by atoms with E-state index in [0.29, 0.717) is 11.1 Å². The summed E-state index contributed by atoms with van der Waals surface area (Å²) >= 11 is 0. The number of halogens is 1. The Labute approximate surface area is 116 Å². The molecule has 0 spiro atoms.